The maximum Gasteiger partial charge on any atom is 0.274 e. The fourth-order valence-corrected chi connectivity index (χ4v) is 4.01. The Morgan fingerprint density at radius 1 is 0.706 bits per heavy atom. The fraction of sp³-hybridized carbons (Fsp3) is 0.0741. The molecule has 0 spiro atoms. The molecule has 2 N–H and O–H groups in total. The topological polar surface area (TPSA) is 78.9 Å². The van der Waals surface area contributed by atoms with Gasteiger partial charge in [0.1, 0.15) is 25.5 Å². The second-order valence-corrected chi connectivity index (χ2v) is 8.07. The van der Waals surface area contributed by atoms with Gasteiger partial charge < -0.3 is 10.6 Å². The fourth-order valence-electron chi connectivity index (χ4n) is 4.01. The van der Waals surface area contributed by atoms with Crippen LogP contribution in [0.15, 0.2) is 91.3 Å². The molecule has 3 heterocycles. The van der Waals surface area contributed by atoms with Crippen LogP contribution in [0.2, 0.25) is 0 Å². The lowest BCUT2D eigenvalue weighted by atomic mass is 10.1. The minimum absolute atomic E-state index is 0.162. The molecule has 0 saturated heterocycles. The molecule has 0 bridgehead atoms. The van der Waals surface area contributed by atoms with E-state index in [9.17, 15) is 9.59 Å². The molecule has 0 aliphatic heterocycles. The van der Waals surface area contributed by atoms with Gasteiger partial charge in [0.2, 0.25) is 11.0 Å². The Kier molecular flexibility index (Phi) is 5.43. The molecule has 2 aromatic carbocycles. The van der Waals surface area contributed by atoms with Gasteiger partial charge in [-0.05, 0) is 42.5 Å². The summed E-state index contributed by atoms with van der Waals surface area (Å²) in [7, 11) is 3.92. The third-order valence-electron chi connectivity index (χ3n) is 5.75. The van der Waals surface area contributed by atoms with E-state index in [1.807, 2.05) is 96.3 Å². The summed E-state index contributed by atoms with van der Waals surface area (Å²) in [5.41, 5.74) is 3.71. The smallest absolute Gasteiger partial charge is 0.274 e. The zero-order valence-corrected chi connectivity index (χ0v) is 18.8. The SMILES string of the molecule is C[n+]1cccc2cc(NC(=O)c3cccc(C(=O)Nc4cccc5c4ccc[n+]5C)n3)ccc21. The average molecular weight is 450 g/mol. The average Bonchev–Trinajstić information content (AvgIpc) is 2.85. The third kappa shape index (κ3) is 4.06. The first-order valence-corrected chi connectivity index (χ1v) is 10.9. The molecule has 0 unspecified atom stereocenters. The molecule has 166 valence electrons. The van der Waals surface area contributed by atoms with Gasteiger partial charge in [0, 0.05) is 35.3 Å². The van der Waals surface area contributed by atoms with Crippen molar-refractivity contribution in [3.8, 4) is 0 Å². The van der Waals surface area contributed by atoms with Crippen LogP contribution in [0.1, 0.15) is 21.0 Å². The molecule has 5 rings (SSSR count). The van der Waals surface area contributed by atoms with Crippen molar-refractivity contribution in [2.24, 2.45) is 14.1 Å². The van der Waals surface area contributed by atoms with E-state index in [1.54, 1.807) is 18.2 Å². The Hall–Kier alpha value is -4.65. The number of anilines is 2. The predicted octanol–water partition coefficient (Wildman–Crippen LogP) is 3.54. The van der Waals surface area contributed by atoms with Gasteiger partial charge in [-0.1, -0.05) is 12.1 Å². The number of pyridine rings is 3. The lowest BCUT2D eigenvalue weighted by molar-refractivity contribution is -0.645. The molecule has 7 heteroatoms. The molecule has 0 saturated carbocycles. The number of aryl methyl sites for hydroxylation is 2. The van der Waals surface area contributed by atoms with Gasteiger partial charge in [0.05, 0.1) is 11.1 Å². The zero-order valence-electron chi connectivity index (χ0n) is 18.8. The largest absolute Gasteiger partial charge is 0.321 e. The van der Waals surface area contributed by atoms with E-state index < -0.39 is 0 Å². The number of hydrogen-bond acceptors (Lipinski definition) is 3. The number of benzene rings is 2. The van der Waals surface area contributed by atoms with E-state index in [4.69, 9.17) is 0 Å². The molecule has 3 aromatic heterocycles. The molecule has 0 radical (unpaired) electrons. The normalized spacial score (nSPS) is 10.9. The highest BCUT2D eigenvalue weighted by atomic mass is 16.2. The number of hydrogen-bond donors (Lipinski definition) is 2. The number of carbonyl (C=O) groups excluding carboxylic acids is 2. The summed E-state index contributed by atoms with van der Waals surface area (Å²) >= 11 is 0. The van der Waals surface area contributed by atoms with Crippen molar-refractivity contribution in [3.05, 3.63) is 103 Å². The monoisotopic (exact) mass is 449 g/mol. The maximum atomic E-state index is 12.9. The molecule has 0 aliphatic carbocycles. The second kappa shape index (κ2) is 8.71. The van der Waals surface area contributed by atoms with E-state index in [2.05, 4.69) is 15.6 Å². The summed E-state index contributed by atoms with van der Waals surface area (Å²) in [6.45, 7) is 0. The first-order valence-electron chi connectivity index (χ1n) is 10.9. The minimum Gasteiger partial charge on any atom is -0.321 e. The summed E-state index contributed by atoms with van der Waals surface area (Å²) < 4.78 is 4.00. The Bertz CT molecular complexity index is 1580. The molecule has 2 amide bonds. The van der Waals surface area contributed by atoms with E-state index >= 15 is 0 Å². The highest BCUT2D eigenvalue weighted by Gasteiger charge is 2.16. The maximum absolute atomic E-state index is 12.9. The van der Waals surface area contributed by atoms with E-state index in [1.165, 1.54) is 0 Å². The Balaban J connectivity index is 1.37. The second-order valence-electron chi connectivity index (χ2n) is 8.07. The van der Waals surface area contributed by atoms with E-state index in [0.717, 1.165) is 21.8 Å². The number of amides is 2. The Morgan fingerprint density at radius 2 is 1.38 bits per heavy atom. The molecular formula is C27H23N5O2+2. The van der Waals surface area contributed by atoms with Gasteiger partial charge in [0.25, 0.3) is 11.8 Å². The van der Waals surface area contributed by atoms with Crippen LogP contribution in [-0.4, -0.2) is 16.8 Å². The van der Waals surface area contributed by atoms with Crippen molar-refractivity contribution >= 4 is 45.0 Å². The Labute approximate surface area is 196 Å². The van der Waals surface area contributed by atoms with Crippen molar-refractivity contribution < 1.29 is 18.7 Å². The van der Waals surface area contributed by atoms with Gasteiger partial charge in [-0.15, -0.1) is 0 Å². The van der Waals surface area contributed by atoms with Crippen LogP contribution in [0.3, 0.4) is 0 Å². The molecular weight excluding hydrogens is 426 g/mol. The van der Waals surface area contributed by atoms with Gasteiger partial charge in [-0.3, -0.25) is 9.59 Å². The summed E-state index contributed by atoms with van der Waals surface area (Å²) in [6.07, 6.45) is 3.92. The number of nitrogens with zero attached hydrogens (tertiary/aromatic N) is 3. The van der Waals surface area contributed by atoms with Gasteiger partial charge in [-0.25, -0.2) is 14.1 Å². The highest BCUT2D eigenvalue weighted by Crippen LogP contribution is 2.21. The standard InChI is InChI=1S/C27H21N5O2/c1-31-15-5-7-18-17-19(13-14-24(18)31)28-26(33)22-10-3-11-23(29-22)27(34)30-21-9-4-12-25-20(21)8-6-16-32(25)2/h3-17H,1-2H3/p+2. The number of fused-ring (bicyclic) bond motifs is 2. The minimum atomic E-state index is -0.383. The first-order chi connectivity index (χ1) is 16.5. The molecule has 5 aromatic rings. The van der Waals surface area contributed by atoms with Gasteiger partial charge >= 0.3 is 0 Å². The molecule has 0 aliphatic rings. The van der Waals surface area contributed by atoms with Crippen molar-refractivity contribution in [3.63, 3.8) is 0 Å². The molecule has 0 atom stereocenters. The van der Waals surface area contributed by atoms with Crippen molar-refractivity contribution in [2.45, 2.75) is 0 Å². The predicted molar refractivity (Wildman–Crippen MR) is 130 cm³/mol. The van der Waals surface area contributed by atoms with Crippen molar-refractivity contribution in [1.29, 1.82) is 0 Å². The molecule has 34 heavy (non-hydrogen) atoms. The van der Waals surface area contributed by atoms with Crippen LogP contribution in [0.25, 0.3) is 21.8 Å². The van der Waals surface area contributed by atoms with E-state index in [-0.39, 0.29) is 23.2 Å². The lowest BCUT2D eigenvalue weighted by Crippen LogP contribution is -2.28. The quantitative estimate of drug-likeness (QED) is 0.412. The first kappa shape index (κ1) is 21.2. The summed E-state index contributed by atoms with van der Waals surface area (Å²) in [5.74, 6) is -0.765. The van der Waals surface area contributed by atoms with Crippen molar-refractivity contribution in [1.82, 2.24) is 4.98 Å². The van der Waals surface area contributed by atoms with Gasteiger partial charge in [-0.2, -0.15) is 0 Å². The summed E-state index contributed by atoms with van der Waals surface area (Å²) in [5, 5.41) is 7.71. The Morgan fingerprint density at radius 3 is 2.18 bits per heavy atom. The van der Waals surface area contributed by atoms with Crippen LogP contribution < -0.4 is 19.8 Å². The van der Waals surface area contributed by atoms with Gasteiger partial charge in [0.15, 0.2) is 12.4 Å². The zero-order chi connectivity index (χ0) is 23.7. The summed E-state index contributed by atoms with van der Waals surface area (Å²) in [4.78, 5) is 30.1. The lowest BCUT2D eigenvalue weighted by Gasteiger charge is -2.09. The van der Waals surface area contributed by atoms with Crippen LogP contribution in [-0.2, 0) is 14.1 Å². The van der Waals surface area contributed by atoms with Crippen LogP contribution in [0.5, 0.6) is 0 Å². The van der Waals surface area contributed by atoms with Crippen LogP contribution in [0, 0.1) is 0 Å². The number of rotatable bonds is 4. The van der Waals surface area contributed by atoms with Crippen LogP contribution in [0.4, 0.5) is 11.4 Å². The molecule has 7 nitrogen and oxygen atoms in total. The third-order valence-corrected chi connectivity index (χ3v) is 5.75. The van der Waals surface area contributed by atoms with E-state index in [0.29, 0.717) is 11.4 Å². The highest BCUT2D eigenvalue weighted by molar-refractivity contribution is 6.09. The molecule has 0 fully saturated rings. The van der Waals surface area contributed by atoms with Crippen LogP contribution >= 0.6 is 0 Å². The summed E-state index contributed by atoms with van der Waals surface area (Å²) in [6, 6.07) is 24.1. The number of nitrogens with one attached hydrogen (secondary N) is 2. The van der Waals surface area contributed by atoms with Crippen molar-refractivity contribution in [2.75, 3.05) is 10.6 Å². The number of carbonyl (C=O) groups is 2. The number of aromatic nitrogens is 3.